The lowest BCUT2D eigenvalue weighted by atomic mass is 10.1. The van der Waals surface area contributed by atoms with Gasteiger partial charge < -0.3 is 25.4 Å². The molecule has 0 unspecified atom stereocenters. The van der Waals surface area contributed by atoms with Crippen molar-refractivity contribution in [2.45, 2.75) is 24.5 Å². The predicted octanol–water partition coefficient (Wildman–Crippen LogP) is -1.58. The quantitative estimate of drug-likeness (QED) is 0.563. The van der Waals surface area contributed by atoms with E-state index in [1.807, 2.05) is 0 Å². The number of fused-ring (bicyclic) bond motifs is 5. The Bertz CT molecular complexity index is 659. The van der Waals surface area contributed by atoms with Crippen LogP contribution in [0.15, 0.2) is 6.33 Å². The normalized spacial score (nSPS) is 32.3. The Morgan fingerprint density at radius 2 is 2.26 bits per heavy atom. The molecular formula is C10H11N5O4. The molecule has 4 rings (SSSR count). The van der Waals surface area contributed by atoms with Gasteiger partial charge in [-0.3, -0.25) is 0 Å². The zero-order valence-electron chi connectivity index (χ0n) is 9.67. The van der Waals surface area contributed by atoms with Gasteiger partial charge in [-0.1, -0.05) is 0 Å². The third-order valence-electron chi connectivity index (χ3n) is 3.46. The molecule has 4 atom stereocenters. The van der Waals surface area contributed by atoms with E-state index in [1.54, 1.807) is 4.57 Å². The number of hydrogen-bond donors (Lipinski definition) is 3. The maximum atomic E-state index is 9.97. The number of aliphatic hydroxyl groups is 2. The summed E-state index contributed by atoms with van der Waals surface area (Å²) in [4.78, 5) is 12.2. The molecule has 0 spiro atoms. The fraction of sp³-hybridized carbons (Fsp3) is 0.500. The summed E-state index contributed by atoms with van der Waals surface area (Å²) in [5.41, 5.74) is 6.64. The monoisotopic (exact) mass is 265 g/mol. The molecule has 2 aromatic heterocycles. The van der Waals surface area contributed by atoms with E-state index in [0.29, 0.717) is 11.2 Å². The molecule has 9 heteroatoms. The van der Waals surface area contributed by atoms with Crippen LogP contribution in [0.4, 0.5) is 5.82 Å². The summed E-state index contributed by atoms with van der Waals surface area (Å²) in [7, 11) is 0. The van der Waals surface area contributed by atoms with E-state index in [2.05, 4.69) is 15.0 Å². The molecule has 1 saturated heterocycles. The van der Waals surface area contributed by atoms with E-state index in [4.69, 9.17) is 20.3 Å². The van der Waals surface area contributed by atoms with Crippen molar-refractivity contribution in [1.82, 2.24) is 19.5 Å². The highest BCUT2D eigenvalue weighted by Crippen LogP contribution is 2.42. The second kappa shape index (κ2) is 3.53. The summed E-state index contributed by atoms with van der Waals surface area (Å²) in [6, 6.07) is 0.285. The molecule has 4 N–H and O–H groups in total. The molecule has 1 fully saturated rings. The first-order valence-corrected chi connectivity index (χ1v) is 5.80. The Kier molecular flexibility index (Phi) is 2.03. The molecule has 19 heavy (non-hydrogen) atoms. The molecule has 9 nitrogen and oxygen atoms in total. The Balaban J connectivity index is 1.86. The maximum absolute atomic E-state index is 9.97. The Morgan fingerprint density at radius 3 is 3.05 bits per heavy atom. The lowest BCUT2D eigenvalue weighted by Crippen LogP contribution is -2.34. The van der Waals surface area contributed by atoms with Gasteiger partial charge in [-0.25, -0.2) is 14.5 Å². The highest BCUT2D eigenvalue weighted by molar-refractivity contribution is 5.82. The van der Waals surface area contributed by atoms with Gasteiger partial charge >= 0.3 is 6.01 Å². The predicted molar refractivity (Wildman–Crippen MR) is 61.2 cm³/mol. The van der Waals surface area contributed by atoms with Crippen molar-refractivity contribution in [2.24, 2.45) is 0 Å². The third-order valence-corrected chi connectivity index (χ3v) is 3.46. The lowest BCUT2D eigenvalue weighted by Gasteiger charge is -2.13. The lowest BCUT2D eigenvalue weighted by molar-refractivity contribution is -0.0419. The molecule has 2 aromatic rings. The summed E-state index contributed by atoms with van der Waals surface area (Å²) in [6.45, 7) is -0.281. The average Bonchev–Trinajstić information content (AvgIpc) is 3.00. The number of imidazole rings is 1. The third kappa shape index (κ3) is 1.26. The summed E-state index contributed by atoms with van der Waals surface area (Å²) < 4.78 is 12.8. The van der Waals surface area contributed by atoms with Crippen LogP contribution in [0.25, 0.3) is 11.2 Å². The summed E-state index contributed by atoms with van der Waals surface area (Å²) in [6.07, 6.45) is -1.43. The van der Waals surface area contributed by atoms with Crippen LogP contribution in [0, 0.1) is 0 Å². The fourth-order valence-corrected chi connectivity index (χ4v) is 2.54. The van der Waals surface area contributed by atoms with Crippen LogP contribution in [0.2, 0.25) is 0 Å². The summed E-state index contributed by atoms with van der Waals surface area (Å²) in [5, 5.41) is 19.1. The second-order valence-corrected chi connectivity index (χ2v) is 4.52. The van der Waals surface area contributed by atoms with Crippen LogP contribution in [0.5, 0.6) is 6.01 Å². The van der Waals surface area contributed by atoms with Crippen molar-refractivity contribution >= 4 is 17.0 Å². The molecule has 2 aliphatic rings. The van der Waals surface area contributed by atoms with E-state index in [1.165, 1.54) is 6.33 Å². The zero-order chi connectivity index (χ0) is 13.1. The molecule has 4 heterocycles. The first-order valence-electron chi connectivity index (χ1n) is 5.80. The molecule has 100 valence electrons. The van der Waals surface area contributed by atoms with Gasteiger partial charge in [0.1, 0.15) is 18.5 Å². The minimum Gasteiger partial charge on any atom is -0.454 e. The smallest absolute Gasteiger partial charge is 0.301 e. The van der Waals surface area contributed by atoms with E-state index in [9.17, 15) is 5.11 Å². The van der Waals surface area contributed by atoms with Crippen LogP contribution in [0.3, 0.4) is 0 Å². The molecule has 0 radical (unpaired) electrons. The first kappa shape index (κ1) is 10.9. The average molecular weight is 265 g/mol. The number of aliphatic hydroxyl groups excluding tert-OH is 2. The van der Waals surface area contributed by atoms with Gasteiger partial charge in [-0.2, -0.15) is 4.98 Å². The van der Waals surface area contributed by atoms with E-state index in [0.717, 1.165) is 0 Å². The number of nitrogens with two attached hydrogens (primary N) is 1. The fourth-order valence-electron chi connectivity index (χ4n) is 2.54. The van der Waals surface area contributed by atoms with Gasteiger partial charge in [-0.15, -0.1) is 0 Å². The van der Waals surface area contributed by atoms with Crippen molar-refractivity contribution < 1.29 is 19.7 Å². The Hall–Kier alpha value is -1.97. The Labute approximate surface area is 106 Å². The SMILES string of the molecule is Nc1ncnc2c1nc1n2[C@@H]2O[C@H](CO)[C@@H](O)[C@@H]2O1. The van der Waals surface area contributed by atoms with Gasteiger partial charge in [0.2, 0.25) is 0 Å². The van der Waals surface area contributed by atoms with Crippen LogP contribution >= 0.6 is 0 Å². The number of anilines is 1. The minimum atomic E-state index is -0.911. The number of nitrogen functional groups attached to an aromatic ring is 1. The topological polar surface area (TPSA) is 129 Å². The van der Waals surface area contributed by atoms with Crippen LogP contribution < -0.4 is 10.5 Å². The molecular weight excluding hydrogens is 254 g/mol. The number of hydrogen-bond acceptors (Lipinski definition) is 8. The van der Waals surface area contributed by atoms with E-state index < -0.39 is 24.5 Å². The molecule has 0 bridgehead atoms. The minimum absolute atomic E-state index is 0.254. The zero-order valence-corrected chi connectivity index (χ0v) is 9.67. The van der Waals surface area contributed by atoms with Crippen molar-refractivity contribution in [2.75, 3.05) is 12.3 Å². The number of rotatable bonds is 1. The molecule has 0 saturated carbocycles. The van der Waals surface area contributed by atoms with Crippen molar-refractivity contribution in [3.63, 3.8) is 0 Å². The van der Waals surface area contributed by atoms with Crippen LogP contribution in [-0.2, 0) is 4.74 Å². The van der Waals surface area contributed by atoms with Crippen LogP contribution in [0.1, 0.15) is 6.23 Å². The van der Waals surface area contributed by atoms with Crippen LogP contribution in [-0.4, -0.2) is 54.7 Å². The molecule has 2 aliphatic heterocycles. The first-order chi connectivity index (χ1) is 9.20. The standard InChI is InChI=1S/C10H11N5O4/c11-7-4-8(13-2-12-7)15-9-6(19-10(15)14-4)5(17)3(1-16)18-9/h2-3,5-6,9,16-17H,1H2,(H2,11,12,13)/t3-,5-,6+,9-/m1/s1. The number of aromatic nitrogens is 4. The molecule has 0 amide bonds. The molecule has 0 aromatic carbocycles. The summed E-state index contributed by atoms with van der Waals surface area (Å²) in [5.74, 6) is 0.254. The van der Waals surface area contributed by atoms with E-state index >= 15 is 0 Å². The van der Waals surface area contributed by atoms with Gasteiger partial charge in [0, 0.05) is 0 Å². The van der Waals surface area contributed by atoms with Gasteiger partial charge in [0.15, 0.2) is 29.3 Å². The van der Waals surface area contributed by atoms with Crippen molar-refractivity contribution in [3.8, 4) is 6.01 Å². The van der Waals surface area contributed by atoms with Crippen molar-refractivity contribution in [3.05, 3.63) is 6.33 Å². The number of nitrogens with zero attached hydrogens (tertiary/aromatic N) is 4. The largest absolute Gasteiger partial charge is 0.454 e. The maximum Gasteiger partial charge on any atom is 0.301 e. The Morgan fingerprint density at radius 1 is 1.42 bits per heavy atom. The second-order valence-electron chi connectivity index (χ2n) is 4.52. The van der Waals surface area contributed by atoms with Gasteiger partial charge in [0.05, 0.1) is 6.61 Å². The highest BCUT2D eigenvalue weighted by Gasteiger charge is 2.52. The number of ether oxygens (including phenoxy) is 2. The molecule has 0 aliphatic carbocycles. The van der Waals surface area contributed by atoms with Crippen molar-refractivity contribution in [1.29, 1.82) is 0 Å². The van der Waals surface area contributed by atoms with E-state index in [-0.39, 0.29) is 18.4 Å². The van der Waals surface area contributed by atoms with Gasteiger partial charge in [-0.05, 0) is 0 Å². The summed E-state index contributed by atoms with van der Waals surface area (Å²) >= 11 is 0. The highest BCUT2D eigenvalue weighted by atomic mass is 16.6. The van der Waals surface area contributed by atoms with Gasteiger partial charge in [0.25, 0.3) is 0 Å².